The highest BCUT2D eigenvalue weighted by Crippen LogP contribution is 2.09. The van der Waals surface area contributed by atoms with Gasteiger partial charge in [-0.3, -0.25) is 0 Å². The first-order valence-electron chi connectivity index (χ1n) is 3.78. The predicted octanol–water partition coefficient (Wildman–Crippen LogP) is 1.91. The Hall–Kier alpha value is -0.790. The summed E-state index contributed by atoms with van der Waals surface area (Å²) in [6, 6.07) is 0. The van der Waals surface area contributed by atoms with Crippen LogP contribution in [0.4, 0.5) is 0 Å². The van der Waals surface area contributed by atoms with Gasteiger partial charge < -0.3 is 0 Å². The van der Waals surface area contributed by atoms with Crippen LogP contribution >= 0.6 is 0 Å². The molecule has 0 saturated carbocycles. The van der Waals surface area contributed by atoms with Gasteiger partial charge in [-0.15, -0.1) is 0 Å². The molecule has 0 N–H and O–H groups in total. The van der Waals surface area contributed by atoms with Crippen LogP contribution in [0.3, 0.4) is 0 Å². The number of hydrogen-bond donors (Lipinski definition) is 0. The molecule has 10 heavy (non-hydrogen) atoms. The molecule has 1 unspecified atom stereocenters. The quantitative estimate of drug-likeness (QED) is 0.568. The Labute approximate surface area is 62.0 Å². The second-order valence-electron chi connectivity index (χ2n) is 2.60. The van der Waals surface area contributed by atoms with E-state index in [1.807, 2.05) is 0 Å². The number of amidine groups is 1. The highest BCUT2D eigenvalue weighted by atomic mass is 15.0. The summed E-state index contributed by atoms with van der Waals surface area (Å²) in [6.45, 7) is 4.35. The zero-order valence-corrected chi connectivity index (χ0v) is 6.54. The molecule has 1 atom stereocenters. The van der Waals surface area contributed by atoms with Crippen molar-refractivity contribution in [1.82, 2.24) is 5.32 Å². The maximum Gasteiger partial charge on any atom is 0.131 e. The van der Waals surface area contributed by atoms with E-state index < -0.39 is 0 Å². The topological polar surface area (TPSA) is 26.5 Å². The summed E-state index contributed by atoms with van der Waals surface area (Å²) in [6.07, 6.45) is 5.89. The fourth-order valence-electron chi connectivity index (χ4n) is 1.07. The molecule has 0 aliphatic carbocycles. The van der Waals surface area contributed by atoms with Crippen molar-refractivity contribution in [1.29, 1.82) is 0 Å². The van der Waals surface area contributed by atoms with Crippen LogP contribution in [0, 0.1) is 5.92 Å². The molecule has 0 saturated heterocycles. The molecule has 0 aromatic rings. The van der Waals surface area contributed by atoms with Gasteiger partial charge in [-0.05, 0) is 6.42 Å². The lowest BCUT2D eigenvalue weighted by Crippen LogP contribution is -2.16. The van der Waals surface area contributed by atoms with Crippen LogP contribution in [0.25, 0.3) is 0 Å². The maximum absolute atomic E-state index is 4.12. The Balaban J connectivity index is 2.35. The van der Waals surface area contributed by atoms with Gasteiger partial charge in [0.2, 0.25) is 0 Å². The Morgan fingerprint density at radius 2 is 2.30 bits per heavy atom. The van der Waals surface area contributed by atoms with Gasteiger partial charge in [0.1, 0.15) is 5.84 Å². The lowest BCUT2D eigenvalue weighted by atomic mass is 10.1. The molecule has 1 radical (unpaired) electrons. The largest absolute Gasteiger partial charge is 0.240 e. The first kappa shape index (κ1) is 7.32. The Bertz CT molecular complexity index is 159. The molecular formula is C8H13N2. The summed E-state index contributed by atoms with van der Waals surface area (Å²) in [7, 11) is 0. The highest BCUT2D eigenvalue weighted by Gasteiger charge is 2.10. The van der Waals surface area contributed by atoms with Crippen molar-refractivity contribution >= 4 is 5.84 Å². The van der Waals surface area contributed by atoms with Gasteiger partial charge in [-0.1, -0.05) is 20.3 Å². The fourth-order valence-corrected chi connectivity index (χ4v) is 1.07. The van der Waals surface area contributed by atoms with E-state index in [1.165, 1.54) is 12.8 Å². The van der Waals surface area contributed by atoms with E-state index in [1.54, 1.807) is 12.4 Å². The minimum Gasteiger partial charge on any atom is -0.240 e. The first-order chi connectivity index (χ1) is 4.84. The lowest BCUT2D eigenvalue weighted by Gasteiger charge is -2.07. The molecule has 1 heterocycles. The van der Waals surface area contributed by atoms with E-state index in [9.17, 15) is 0 Å². The Morgan fingerprint density at radius 1 is 1.50 bits per heavy atom. The third-order valence-corrected chi connectivity index (χ3v) is 1.64. The summed E-state index contributed by atoms with van der Waals surface area (Å²) in [4.78, 5) is 4.12. The molecule has 0 aromatic heterocycles. The molecule has 0 spiro atoms. The molecule has 2 heteroatoms. The van der Waals surface area contributed by atoms with Gasteiger partial charge in [-0.25, -0.2) is 10.3 Å². The second-order valence-corrected chi connectivity index (χ2v) is 2.60. The van der Waals surface area contributed by atoms with Gasteiger partial charge in [0.25, 0.3) is 0 Å². The van der Waals surface area contributed by atoms with Crippen LogP contribution in [-0.2, 0) is 0 Å². The minimum absolute atomic E-state index is 0.528. The molecule has 2 nitrogen and oxygen atoms in total. The van der Waals surface area contributed by atoms with E-state index in [0.717, 1.165) is 5.84 Å². The second kappa shape index (κ2) is 3.40. The standard InChI is InChI=1S/C8H13N2/c1-3-4-7(2)8-9-5-6-10-8/h5-7H,3-4H2,1-2H3. The van der Waals surface area contributed by atoms with Gasteiger partial charge in [0.15, 0.2) is 0 Å². The summed E-state index contributed by atoms with van der Waals surface area (Å²) in [5.41, 5.74) is 0. The number of aliphatic imine (C=N–C) groups is 1. The van der Waals surface area contributed by atoms with E-state index in [2.05, 4.69) is 24.2 Å². The van der Waals surface area contributed by atoms with Crippen LogP contribution in [0.5, 0.6) is 0 Å². The molecule has 0 amide bonds. The van der Waals surface area contributed by atoms with Crippen molar-refractivity contribution in [3.8, 4) is 0 Å². The maximum atomic E-state index is 4.12. The molecule has 1 aliphatic rings. The molecule has 55 valence electrons. The zero-order chi connectivity index (χ0) is 7.40. The number of nitrogens with zero attached hydrogens (tertiary/aromatic N) is 2. The number of hydrogen-bond acceptors (Lipinski definition) is 1. The highest BCUT2D eigenvalue weighted by molar-refractivity contribution is 5.86. The molecule has 0 aromatic carbocycles. The van der Waals surface area contributed by atoms with E-state index >= 15 is 0 Å². The third-order valence-electron chi connectivity index (χ3n) is 1.64. The van der Waals surface area contributed by atoms with Crippen LogP contribution in [0.2, 0.25) is 0 Å². The van der Waals surface area contributed by atoms with Crippen LogP contribution < -0.4 is 5.32 Å². The van der Waals surface area contributed by atoms with Gasteiger partial charge in [0.05, 0.1) is 0 Å². The molecule has 0 fully saturated rings. The first-order valence-corrected chi connectivity index (χ1v) is 3.78. The smallest absolute Gasteiger partial charge is 0.131 e. The average molecular weight is 137 g/mol. The van der Waals surface area contributed by atoms with Gasteiger partial charge >= 0.3 is 0 Å². The Morgan fingerprint density at radius 3 is 2.80 bits per heavy atom. The summed E-state index contributed by atoms with van der Waals surface area (Å²) in [5.74, 6) is 1.52. The fraction of sp³-hybridized carbons (Fsp3) is 0.625. The predicted molar refractivity (Wildman–Crippen MR) is 42.8 cm³/mol. The molecule has 1 rings (SSSR count). The van der Waals surface area contributed by atoms with Gasteiger partial charge in [0, 0.05) is 18.3 Å². The Kier molecular flexibility index (Phi) is 2.49. The third kappa shape index (κ3) is 1.59. The summed E-state index contributed by atoms with van der Waals surface area (Å²) >= 11 is 0. The van der Waals surface area contributed by atoms with Crippen LogP contribution in [0.15, 0.2) is 17.4 Å². The van der Waals surface area contributed by atoms with Crippen molar-refractivity contribution in [2.75, 3.05) is 0 Å². The van der Waals surface area contributed by atoms with Crippen LogP contribution in [-0.4, -0.2) is 5.84 Å². The van der Waals surface area contributed by atoms with Crippen molar-refractivity contribution < 1.29 is 0 Å². The van der Waals surface area contributed by atoms with Crippen molar-refractivity contribution in [2.24, 2.45) is 10.9 Å². The SMILES string of the molecule is CCCC(C)C1=NC=C[N]1. The van der Waals surface area contributed by atoms with Crippen molar-refractivity contribution in [2.45, 2.75) is 26.7 Å². The monoisotopic (exact) mass is 137 g/mol. The number of rotatable bonds is 3. The lowest BCUT2D eigenvalue weighted by molar-refractivity contribution is 0.655. The zero-order valence-electron chi connectivity index (χ0n) is 6.54. The van der Waals surface area contributed by atoms with Crippen molar-refractivity contribution in [3.63, 3.8) is 0 Å². The van der Waals surface area contributed by atoms with E-state index in [-0.39, 0.29) is 0 Å². The molecule has 1 aliphatic heterocycles. The molecule has 0 bridgehead atoms. The van der Waals surface area contributed by atoms with E-state index in [4.69, 9.17) is 0 Å². The summed E-state index contributed by atoms with van der Waals surface area (Å²) in [5, 5.41) is 4.12. The summed E-state index contributed by atoms with van der Waals surface area (Å²) < 4.78 is 0. The van der Waals surface area contributed by atoms with E-state index in [0.29, 0.717) is 5.92 Å². The normalized spacial score (nSPS) is 18.4. The van der Waals surface area contributed by atoms with Gasteiger partial charge in [-0.2, -0.15) is 0 Å². The average Bonchev–Trinajstić information content (AvgIpc) is 2.38. The minimum atomic E-state index is 0.528. The van der Waals surface area contributed by atoms with Crippen molar-refractivity contribution in [3.05, 3.63) is 12.4 Å². The van der Waals surface area contributed by atoms with Crippen LogP contribution in [0.1, 0.15) is 26.7 Å². The molecular weight excluding hydrogens is 124 g/mol.